The number of amides is 1. The van der Waals surface area contributed by atoms with Crippen molar-refractivity contribution in [2.24, 2.45) is 5.92 Å². The molecule has 2 fully saturated rings. The summed E-state index contributed by atoms with van der Waals surface area (Å²) in [6.45, 7) is 9.87. The first kappa shape index (κ1) is 26.3. The Balaban J connectivity index is 1.40. The summed E-state index contributed by atoms with van der Waals surface area (Å²) in [6.07, 6.45) is 6.69. The Bertz CT molecular complexity index is 919. The van der Waals surface area contributed by atoms with Gasteiger partial charge >= 0.3 is 6.09 Å². The van der Waals surface area contributed by atoms with E-state index in [0.717, 1.165) is 38.9 Å². The highest BCUT2D eigenvalue weighted by Gasteiger charge is 2.33. The van der Waals surface area contributed by atoms with E-state index < -0.39 is 15.4 Å². The molecule has 1 heterocycles. The standard InChI is InChI=1S/C24H37BrN2O5S/c1-24(2,3)32-23(28)27-15-13-26(14-16-27)12-6-5-7-21(18-8-9-18)31-22-11-10-19(17-20(22)25)33(4,29)30/h10-11,17-18,21H,5-9,12-16H2,1-4H3. The molecular weight excluding hydrogens is 508 g/mol. The Morgan fingerprint density at radius 3 is 2.36 bits per heavy atom. The molecule has 1 unspecified atom stereocenters. The van der Waals surface area contributed by atoms with Crippen molar-refractivity contribution >= 4 is 31.9 Å². The van der Waals surface area contributed by atoms with Crippen LogP contribution < -0.4 is 4.74 Å². The number of nitrogens with zero attached hydrogens (tertiary/aromatic N) is 2. The van der Waals surface area contributed by atoms with E-state index in [2.05, 4.69) is 20.8 Å². The molecule has 1 atom stereocenters. The maximum absolute atomic E-state index is 12.2. The zero-order chi connectivity index (χ0) is 24.2. The van der Waals surface area contributed by atoms with Crippen molar-refractivity contribution in [3.63, 3.8) is 0 Å². The predicted octanol–water partition coefficient (Wildman–Crippen LogP) is 4.73. The van der Waals surface area contributed by atoms with Crippen LogP contribution in [0.4, 0.5) is 4.79 Å². The van der Waals surface area contributed by atoms with Crippen molar-refractivity contribution in [1.82, 2.24) is 9.80 Å². The van der Waals surface area contributed by atoms with Gasteiger partial charge < -0.3 is 14.4 Å². The summed E-state index contributed by atoms with van der Waals surface area (Å²) in [5, 5.41) is 0. The minimum absolute atomic E-state index is 0.161. The Morgan fingerprint density at radius 1 is 1.15 bits per heavy atom. The largest absolute Gasteiger partial charge is 0.489 e. The van der Waals surface area contributed by atoms with E-state index in [4.69, 9.17) is 9.47 Å². The first-order valence-corrected chi connectivity index (χ1v) is 14.5. The lowest BCUT2D eigenvalue weighted by molar-refractivity contribution is 0.0143. The van der Waals surface area contributed by atoms with Crippen LogP contribution in [0.3, 0.4) is 0 Å². The van der Waals surface area contributed by atoms with Gasteiger partial charge in [-0.15, -0.1) is 0 Å². The van der Waals surface area contributed by atoms with Crippen molar-refractivity contribution in [3.8, 4) is 5.75 Å². The number of carbonyl (C=O) groups excluding carboxylic acids is 1. The van der Waals surface area contributed by atoms with Gasteiger partial charge in [0.05, 0.1) is 9.37 Å². The molecule has 33 heavy (non-hydrogen) atoms. The number of hydrogen-bond donors (Lipinski definition) is 0. The van der Waals surface area contributed by atoms with Crippen LogP contribution in [-0.4, -0.2) is 75.0 Å². The summed E-state index contributed by atoms with van der Waals surface area (Å²) in [5.74, 6) is 1.29. The molecule has 1 aromatic rings. The second-order valence-electron chi connectivity index (χ2n) is 10.2. The normalized spacial score (nSPS) is 18.8. The summed E-state index contributed by atoms with van der Waals surface area (Å²) in [7, 11) is -3.24. The summed E-state index contributed by atoms with van der Waals surface area (Å²) >= 11 is 3.47. The Hall–Kier alpha value is -1.32. The summed E-state index contributed by atoms with van der Waals surface area (Å²) in [5.41, 5.74) is -0.459. The number of benzene rings is 1. The van der Waals surface area contributed by atoms with Crippen molar-refractivity contribution in [2.75, 3.05) is 39.0 Å². The SMILES string of the molecule is CC(C)(C)OC(=O)N1CCN(CCCCC(Oc2ccc(S(C)(=O)=O)cc2Br)C2CC2)CC1. The molecule has 0 aromatic heterocycles. The maximum Gasteiger partial charge on any atom is 0.410 e. The third kappa shape index (κ3) is 8.44. The van der Waals surface area contributed by atoms with Crippen LogP contribution >= 0.6 is 15.9 Å². The number of piperazine rings is 1. The highest BCUT2D eigenvalue weighted by Crippen LogP contribution is 2.39. The van der Waals surface area contributed by atoms with Gasteiger partial charge in [0, 0.05) is 32.4 Å². The lowest BCUT2D eigenvalue weighted by Gasteiger charge is -2.35. The molecule has 2 aliphatic rings. The number of ether oxygens (including phenoxy) is 2. The van der Waals surface area contributed by atoms with Gasteiger partial charge in [-0.1, -0.05) is 0 Å². The molecular formula is C24H37BrN2O5S. The molecule has 1 saturated heterocycles. The first-order chi connectivity index (χ1) is 15.4. The minimum Gasteiger partial charge on any atom is -0.489 e. The molecule has 1 saturated carbocycles. The monoisotopic (exact) mass is 544 g/mol. The van der Waals surface area contributed by atoms with Gasteiger partial charge in [0.25, 0.3) is 0 Å². The number of rotatable bonds is 9. The number of sulfone groups is 1. The van der Waals surface area contributed by atoms with E-state index in [9.17, 15) is 13.2 Å². The number of halogens is 1. The lowest BCUT2D eigenvalue weighted by Crippen LogP contribution is -2.50. The molecule has 1 amide bonds. The fourth-order valence-corrected chi connectivity index (χ4v) is 5.26. The zero-order valence-electron chi connectivity index (χ0n) is 20.2. The van der Waals surface area contributed by atoms with E-state index in [-0.39, 0.29) is 17.1 Å². The molecule has 0 N–H and O–H groups in total. The van der Waals surface area contributed by atoms with Crippen molar-refractivity contribution in [1.29, 1.82) is 0 Å². The fourth-order valence-electron chi connectivity index (χ4n) is 3.99. The van der Waals surface area contributed by atoms with E-state index >= 15 is 0 Å². The molecule has 186 valence electrons. The second kappa shape index (κ2) is 11.0. The van der Waals surface area contributed by atoms with Crippen LogP contribution in [0.5, 0.6) is 5.75 Å². The van der Waals surface area contributed by atoms with Gasteiger partial charge in [-0.2, -0.15) is 0 Å². The predicted molar refractivity (Wildman–Crippen MR) is 132 cm³/mol. The molecule has 0 spiro atoms. The van der Waals surface area contributed by atoms with E-state index in [1.807, 2.05) is 20.8 Å². The first-order valence-electron chi connectivity index (χ1n) is 11.8. The lowest BCUT2D eigenvalue weighted by atomic mass is 10.1. The molecule has 0 radical (unpaired) electrons. The van der Waals surface area contributed by atoms with Crippen molar-refractivity contribution in [2.45, 2.75) is 69.5 Å². The molecule has 7 nitrogen and oxygen atoms in total. The zero-order valence-corrected chi connectivity index (χ0v) is 22.6. The molecule has 1 aliphatic carbocycles. The van der Waals surface area contributed by atoms with Crippen molar-refractivity contribution in [3.05, 3.63) is 22.7 Å². The summed E-state index contributed by atoms with van der Waals surface area (Å²) in [4.78, 5) is 16.7. The second-order valence-corrected chi connectivity index (χ2v) is 13.0. The van der Waals surface area contributed by atoms with Crippen LogP contribution in [-0.2, 0) is 14.6 Å². The van der Waals surface area contributed by atoms with Gasteiger partial charge in [-0.25, -0.2) is 13.2 Å². The quantitative estimate of drug-likeness (QED) is 0.418. The molecule has 3 rings (SSSR count). The average molecular weight is 546 g/mol. The highest BCUT2D eigenvalue weighted by molar-refractivity contribution is 9.10. The Kier molecular flexibility index (Phi) is 8.72. The van der Waals surface area contributed by atoms with Crippen molar-refractivity contribution < 1.29 is 22.7 Å². The van der Waals surface area contributed by atoms with Gasteiger partial charge in [0.2, 0.25) is 0 Å². The smallest absolute Gasteiger partial charge is 0.410 e. The minimum atomic E-state index is -3.24. The summed E-state index contributed by atoms with van der Waals surface area (Å²) < 4.78 is 36.0. The Labute approximate surface area is 206 Å². The van der Waals surface area contributed by atoms with Crippen LogP contribution in [0.2, 0.25) is 0 Å². The summed E-state index contributed by atoms with van der Waals surface area (Å²) in [6, 6.07) is 4.97. The number of hydrogen-bond acceptors (Lipinski definition) is 6. The third-order valence-electron chi connectivity index (χ3n) is 5.99. The van der Waals surface area contributed by atoms with Crippen LogP contribution in [0.25, 0.3) is 0 Å². The Morgan fingerprint density at radius 2 is 1.82 bits per heavy atom. The van der Waals surface area contributed by atoms with Gasteiger partial charge in [0.15, 0.2) is 9.84 Å². The highest BCUT2D eigenvalue weighted by atomic mass is 79.9. The average Bonchev–Trinajstić information content (AvgIpc) is 3.55. The van der Waals surface area contributed by atoms with E-state index in [1.165, 1.54) is 19.1 Å². The van der Waals surface area contributed by atoms with E-state index in [0.29, 0.717) is 29.2 Å². The fraction of sp³-hybridized carbons (Fsp3) is 0.708. The van der Waals surface area contributed by atoms with Gasteiger partial charge in [-0.3, -0.25) is 4.90 Å². The van der Waals surface area contributed by atoms with Gasteiger partial charge in [0.1, 0.15) is 17.5 Å². The molecule has 0 bridgehead atoms. The van der Waals surface area contributed by atoms with Gasteiger partial charge in [-0.05, 0) is 99.5 Å². The maximum atomic E-state index is 12.2. The molecule has 9 heteroatoms. The molecule has 1 aromatic carbocycles. The molecule has 1 aliphatic heterocycles. The van der Waals surface area contributed by atoms with Crippen LogP contribution in [0, 0.1) is 5.92 Å². The van der Waals surface area contributed by atoms with Crippen LogP contribution in [0.1, 0.15) is 52.9 Å². The third-order valence-corrected chi connectivity index (χ3v) is 7.72. The number of carbonyl (C=O) groups is 1. The topological polar surface area (TPSA) is 76.2 Å². The van der Waals surface area contributed by atoms with Crippen LogP contribution in [0.15, 0.2) is 27.6 Å². The van der Waals surface area contributed by atoms with E-state index in [1.54, 1.807) is 23.1 Å². The number of unbranched alkanes of at least 4 members (excludes halogenated alkanes) is 1.